The number of aromatic amines is 1. The van der Waals surface area contributed by atoms with Crippen molar-refractivity contribution in [1.82, 2.24) is 24.8 Å². The first-order chi connectivity index (χ1) is 17.1. The summed E-state index contributed by atoms with van der Waals surface area (Å²) < 4.78 is 10.6. The van der Waals surface area contributed by atoms with Crippen LogP contribution in [0.1, 0.15) is 0 Å². The third-order valence-corrected chi connectivity index (χ3v) is 6.14. The van der Waals surface area contributed by atoms with Crippen LogP contribution in [-0.4, -0.2) is 72.3 Å². The lowest BCUT2D eigenvalue weighted by atomic mass is 10.1. The first-order valence-electron chi connectivity index (χ1n) is 11.3. The maximum absolute atomic E-state index is 12.7. The SMILES string of the molecule is COc1ncc(-c2cc3cc[nH]c(=O)c3c(Nc3ccc(N4CCN(C)CC4)cc3)n2)c(OC)n1. The quantitative estimate of drug-likeness (QED) is 0.437. The van der Waals surface area contributed by atoms with Crippen molar-refractivity contribution < 1.29 is 9.47 Å². The van der Waals surface area contributed by atoms with E-state index in [2.05, 4.69) is 49.2 Å². The number of H-pyrrole nitrogens is 1. The van der Waals surface area contributed by atoms with E-state index in [1.165, 1.54) is 19.9 Å². The number of pyridine rings is 2. The van der Waals surface area contributed by atoms with E-state index < -0.39 is 0 Å². The summed E-state index contributed by atoms with van der Waals surface area (Å²) >= 11 is 0. The average Bonchev–Trinajstić information content (AvgIpc) is 2.89. The summed E-state index contributed by atoms with van der Waals surface area (Å²) in [5.41, 5.74) is 2.93. The molecule has 4 aromatic rings. The molecule has 1 aliphatic heterocycles. The summed E-state index contributed by atoms with van der Waals surface area (Å²) in [6.45, 7) is 4.09. The van der Waals surface area contributed by atoms with Gasteiger partial charge in [0.1, 0.15) is 5.82 Å². The number of ether oxygens (including phenoxy) is 2. The molecule has 35 heavy (non-hydrogen) atoms. The molecule has 10 heteroatoms. The minimum Gasteiger partial charge on any atom is -0.480 e. The van der Waals surface area contributed by atoms with E-state index in [1.54, 1.807) is 12.4 Å². The molecule has 0 atom stereocenters. The fourth-order valence-electron chi connectivity index (χ4n) is 4.18. The lowest BCUT2D eigenvalue weighted by molar-refractivity contribution is 0.313. The molecule has 4 heterocycles. The Morgan fingerprint density at radius 1 is 1.00 bits per heavy atom. The molecule has 0 radical (unpaired) electrons. The van der Waals surface area contributed by atoms with Gasteiger partial charge >= 0.3 is 6.01 Å². The van der Waals surface area contributed by atoms with Gasteiger partial charge in [0.2, 0.25) is 5.88 Å². The number of benzene rings is 1. The smallest absolute Gasteiger partial charge is 0.319 e. The van der Waals surface area contributed by atoms with Gasteiger partial charge in [0, 0.05) is 49.9 Å². The van der Waals surface area contributed by atoms with E-state index in [4.69, 9.17) is 14.5 Å². The Labute approximate surface area is 202 Å². The molecule has 180 valence electrons. The first kappa shape index (κ1) is 22.6. The molecule has 1 saturated heterocycles. The first-order valence-corrected chi connectivity index (χ1v) is 11.3. The molecule has 0 amide bonds. The summed E-state index contributed by atoms with van der Waals surface area (Å²) in [6, 6.07) is 12.0. The summed E-state index contributed by atoms with van der Waals surface area (Å²) in [7, 11) is 5.16. The molecule has 0 unspecified atom stereocenters. The molecule has 0 saturated carbocycles. The molecule has 0 bridgehead atoms. The van der Waals surface area contributed by atoms with Gasteiger partial charge in [-0.2, -0.15) is 4.98 Å². The molecule has 1 aliphatic rings. The average molecular weight is 474 g/mol. The molecule has 0 spiro atoms. The highest BCUT2D eigenvalue weighted by Crippen LogP contribution is 2.32. The van der Waals surface area contributed by atoms with Crippen LogP contribution in [0.5, 0.6) is 11.9 Å². The van der Waals surface area contributed by atoms with Crippen molar-refractivity contribution in [2.45, 2.75) is 0 Å². The van der Waals surface area contributed by atoms with Gasteiger partial charge in [-0.05, 0) is 48.8 Å². The number of likely N-dealkylation sites (N-methyl/N-ethyl adjacent to an activating group) is 1. The Hall–Kier alpha value is -4.18. The predicted octanol–water partition coefficient (Wildman–Crippen LogP) is 2.89. The molecule has 1 aromatic carbocycles. The van der Waals surface area contributed by atoms with Crippen molar-refractivity contribution in [3.8, 4) is 23.1 Å². The van der Waals surface area contributed by atoms with Crippen LogP contribution < -0.4 is 25.2 Å². The number of hydrogen-bond donors (Lipinski definition) is 2. The molecule has 3 aromatic heterocycles. The molecule has 1 fully saturated rings. The van der Waals surface area contributed by atoms with E-state index in [0.717, 1.165) is 37.3 Å². The summed E-state index contributed by atoms with van der Waals surface area (Å²) in [4.78, 5) is 33.4. The molecular formula is C25H27N7O3. The van der Waals surface area contributed by atoms with Gasteiger partial charge in [0.15, 0.2) is 0 Å². The zero-order valence-electron chi connectivity index (χ0n) is 19.9. The fraction of sp³-hybridized carbons (Fsp3) is 0.280. The maximum atomic E-state index is 12.7. The number of methoxy groups -OCH3 is 2. The predicted molar refractivity (Wildman–Crippen MR) is 136 cm³/mol. The van der Waals surface area contributed by atoms with Gasteiger partial charge in [-0.1, -0.05) is 0 Å². The van der Waals surface area contributed by atoms with Crippen molar-refractivity contribution >= 4 is 28.0 Å². The van der Waals surface area contributed by atoms with Crippen molar-refractivity contribution in [1.29, 1.82) is 0 Å². The van der Waals surface area contributed by atoms with Gasteiger partial charge in [0.25, 0.3) is 5.56 Å². The topological polar surface area (TPSA) is 108 Å². The standard InChI is InChI=1S/C25H27N7O3/c1-31-10-12-32(13-11-31)18-6-4-17(5-7-18)28-22-21-16(8-9-26-23(21)33)14-20(29-22)19-15-27-25(35-3)30-24(19)34-2/h4-9,14-15H,10-13H2,1-3H3,(H,26,33)(H,28,29). The zero-order valence-corrected chi connectivity index (χ0v) is 19.9. The van der Waals surface area contributed by atoms with Gasteiger partial charge in [-0.15, -0.1) is 0 Å². The lowest BCUT2D eigenvalue weighted by Crippen LogP contribution is -2.44. The lowest BCUT2D eigenvalue weighted by Gasteiger charge is -2.34. The van der Waals surface area contributed by atoms with Crippen LogP contribution in [0.4, 0.5) is 17.2 Å². The number of nitrogens with zero attached hydrogens (tertiary/aromatic N) is 5. The molecular weight excluding hydrogens is 446 g/mol. The van der Waals surface area contributed by atoms with Gasteiger partial charge < -0.3 is 29.6 Å². The highest BCUT2D eigenvalue weighted by molar-refractivity contribution is 5.95. The van der Waals surface area contributed by atoms with Gasteiger partial charge in [0.05, 0.1) is 30.9 Å². The van der Waals surface area contributed by atoms with E-state index in [-0.39, 0.29) is 11.6 Å². The van der Waals surface area contributed by atoms with Crippen LogP contribution >= 0.6 is 0 Å². The third-order valence-electron chi connectivity index (χ3n) is 6.14. The van der Waals surface area contributed by atoms with Crippen molar-refractivity contribution in [2.24, 2.45) is 0 Å². The van der Waals surface area contributed by atoms with Gasteiger partial charge in [-0.3, -0.25) is 4.79 Å². The molecule has 0 aliphatic carbocycles. The highest BCUT2D eigenvalue weighted by Gasteiger charge is 2.17. The second-order valence-corrected chi connectivity index (χ2v) is 8.37. The van der Waals surface area contributed by atoms with E-state index >= 15 is 0 Å². The third kappa shape index (κ3) is 4.60. The van der Waals surface area contributed by atoms with Crippen LogP contribution in [-0.2, 0) is 0 Å². The largest absolute Gasteiger partial charge is 0.480 e. The van der Waals surface area contributed by atoms with Gasteiger partial charge in [-0.25, -0.2) is 9.97 Å². The number of aromatic nitrogens is 4. The van der Waals surface area contributed by atoms with Crippen molar-refractivity contribution in [3.05, 3.63) is 59.1 Å². The van der Waals surface area contributed by atoms with Crippen molar-refractivity contribution in [2.75, 3.05) is 57.7 Å². The van der Waals surface area contributed by atoms with Crippen molar-refractivity contribution in [3.63, 3.8) is 0 Å². The van der Waals surface area contributed by atoms with Crippen LogP contribution in [0.2, 0.25) is 0 Å². The van der Waals surface area contributed by atoms with E-state index in [0.29, 0.717) is 28.3 Å². The van der Waals surface area contributed by atoms with Crippen LogP contribution in [0, 0.1) is 0 Å². The second-order valence-electron chi connectivity index (χ2n) is 8.37. The Bertz CT molecular complexity index is 1400. The number of hydrogen-bond acceptors (Lipinski definition) is 9. The molecule has 5 rings (SSSR count). The number of fused-ring (bicyclic) bond motifs is 1. The highest BCUT2D eigenvalue weighted by atomic mass is 16.5. The van der Waals surface area contributed by atoms with E-state index in [9.17, 15) is 4.79 Å². The maximum Gasteiger partial charge on any atom is 0.319 e. The zero-order chi connectivity index (χ0) is 24.4. The minimum atomic E-state index is -0.226. The fourth-order valence-corrected chi connectivity index (χ4v) is 4.18. The number of nitrogens with one attached hydrogen (secondary N) is 2. The molecule has 10 nitrogen and oxygen atoms in total. The number of piperazine rings is 1. The monoisotopic (exact) mass is 473 g/mol. The van der Waals surface area contributed by atoms with Crippen LogP contribution in [0.3, 0.4) is 0 Å². The molecule has 2 N–H and O–H groups in total. The van der Waals surface area contributed by atoms with E-state index in [1.807, 2.05) is 24.3 Å². The summed E-state index contributed by atoms with van der Waals surface area (Å²) in [6.07, 6.45) is 3.21. The van der Waals surface area contributed by atoms with Crippen LogP contribution in [0.25, 0.3) is 22.0 Å². The Morgan fingerprint density at radius 3 is 2.49 bits per heavy atom. The minimum absolute atomic E-state index is 0.196. The number of anilines is 3. The normalized spacial score (nSPS) is 14.2. The van der Waals surface area contributed by atoms with Crippen LogP contribution in [0.15, 0.2) is 53.6 Å². The Kier molecular flexibility index (Phi) is 6.19. The second kappa shape index (κ2) is 9.59. The Morgan fingerprint density at radius 2 is 1.77 bits per heavy atom. The number of rotatable bonds is 6. The summed E-state index contributed by atoms with van der Waals surface area (Å²) in [5, 5.41) is 4.53. The summed E-state index contributed by atoms with van der Waals surface area (Å²) in [5.74, 6) is 0.764. The Balaban J connectivity index is 1.52.